The highest BCUT2D eigenvalue weighted by molar-refractivity contribution is 7.91. The van der Waals surface area contributed by atoms with Crippen LogP contribution in [0.25, 0.3) is 0 Å². The molecule has 1 saturated heterocycles. The lowest BCUT2D eigenvalue weighted by molar-refractivity contribution is 0.0636. The molecule has 23 heavy (non-hydrogen) atoms. The van der Waals surface area contributed by atoms with Crippen LogP contribution in [-0.2, 0) is 14.6 Å². The topological polar surface area (TPSA) is 67.4 Å². The highest BCUT2D eigenvalue weighted by atomic mass is 32.2. The molecule has 1 aliphatic heterocycles. The van der Waals surface area contributed by atoms with Crippen molar-refractivity contribution in [1.29, 1.82) is 0 Å². The molecule has 130 valence electrons. The first-order valence-corrected chi connectivity index (χ1v) is 9.00. The van der Waals surface area contributed by atoms with Crippen molar-refractivity contribution in [3.8, 4) is 0 Å². The number of piperidine rings is 1. The summed E-state index contributed by atoms with van der Waals surface area (Å²) in [5, 5.41) is 6.57. The van der Waals surface area contributed by atoms with Crippen LogP contribution < -0.4 is 10.6 Å². The van der Waals surface area contributed by atoms with Crippen molar-refractivity contribution in [1.82, 2.24) is 5.32 Å². The van der Waals surface area contributed by atoms with E-state index in [1.165, 1.54) is 24.3 Å². The Morgan fingerprint density at radius 3 is 2.39 bits per heavy atom. The molecule has 0 spiro atoms. The summed E-state index contributed by atoms with van der Waals surface area (Å²) in [7, 11) is -2.86. The van der Waals surface area contributed by atoms with E-state index in [0.29, 0.717) is 18.8 Å². The monoisotopic (exact) mass is 348 g/mol. The lowest BCUT2D eigenvalue weighted by Gasteiger charge is -2.37. The van der Waals surface area contributed by atoms with Gasteiger partial charge < -0.3 is 15.4 Å². The third-order valence-electron chi connectivity index (χ3n) is 4.20. The number of hydrogen-bond acceptors (Lipinski definition) is 5. The third kappa shape index (κ3) is 4.39. The molecule has 0 radical (unpaired) electrons. The van der Waals surface area contributed by atoms with E-state index >= 15 is 0 Å². The lowest BCUT2D eigenvalue weighted by Crippen LogP contribution is -2.44. The number of alkyl halides is 2. The molecule has 2 N–H and O–H groups in total. The first-order valence-electron chi connectivity index (χ1n) is 7.45. The number of sulfone groups is 1. The Bertz CT molecular complexity index is 594. The van der Waals surface area contributed by atoms with Crippen LogP contribution in [0.5, 0.6) is 0 Å². The van der Waals surface area contributed by atoms with E-state index in [2.05, 4.69) is 10.6 Å². The molecule has 2 rings (SSSR count). The van der Waals surface area contributed by atoms with Gasteiger partial charge in [-0.15, -0.1) is 0 Å². The summed E-state index contributed by atoms with van der Waals surface area (Å²) in [4.78, 5) is -0.369. The van der Waals surface area contributed by atoms with E-state index in [-0.39, 0.29) is 10.3 Å². The minimum atomic E-state index is -4.54. The van der Waals surface area contributed by atoms with Crippen LogP contribution >= 0.6 is 0 Å². The predicted octanol–water partition coefficient (Wildman–Crippen LogP) is 2.11. The van der Waals surface area contributed by atoms with Crippen LogP contribution in [0.15, 0.2) is 29.2 Å². The zero-order chi connectivity index (χ0) is 16.9. The standard InChI is InChI=1S/C15H22F2N2O3S/c1-22-11-15(6-8-18-9-7-15)10-19-12-2-4-13(5-3-12)23(20,21)14(16)17/h2-5,14,18-19H,6-11H2,1H3. The van der Waals surface area contributed by atoms with Gasteiger partial charge in [0, 0.05) is 24.8 Å². The summed E-state index contributed by atoms with van der Waals surface area (Å²) >= 11 is 0. The normalized spacial score (nSPS) is 18.1. The Morgan fingerprint density at radius 1 is 1.26 bits per heavy atom. The molecule has 8 heteroatoms. The zero-order valence-electron chi connectivity index (χ0n) is 13.0. The highest BCUT2D eigenvalue weighted by Crippen LogP contribution is 2.30. The van der Waals surface area contributed by atoms with Crippen LogP contribution in [0.4, 0.5) is 14.5 Å². The van der Waals surface area contributed by atoms with Gasteiger partial charge in [0.15, 0.2) is 0 Å². The fourth-order valence-electron chi connectivity index (χ4n) is 2.79. The number of hydrogen-bond donors (Lipinski definition) is 2. The Hall–Kier alpha value is -1.25. The van der Waals surface area contributed by atoms with Crippen LogP contribution in [0, 0.1) is 5.41 Å². The van der Waals surface area contributed by atoms with Crippen molar-refractivity contribution in [3.63, 3.8) is 0 Å². The molecule has 0 aromatic heterocycles. The molecule has 0 unspecified atom stereocenters. The van der Waals surface area contributed by atoms with Gasteiger partial charge in [0.1, 0.15) is 0 Å². The van der Waals surface area contributed by atoms with E-state index in [9.17, 15) is 17.2 Å². The van der Waals surface area contributed by atoms with Crippen molar-refractivity contribution in [3.05, 3.63) is 24.3 Å². The molecule has 1 aliphatic rings. The molecular formula is C15H22F2N2O3S. The van der Waals surface area contributed by atoms with E-state index in [4.69, 9.17) is 4.74 Å². The Balaban J connectivity index is 2.03. The van der Waals surface area contributed by atoms with Crippen molar-refractivity contribution in [2.24, 2.45) is 5.41 Å². The first kappa shape index (κ1) is 18.1. The fraction of sp³-hybridized carbons (Fsp3) is 0.600. The maximum atomic E-state index is 12.5. The molecule has 1 aromatic rings. The molecule has 1 heterocycles. The number of benzene rings is 1. The number of rotatable bonds is 7. The Morgan fingerprint density at radius 2 is 1.87 bits per heavy atom. The summed E-state index contributed by atoms with van der Waals surface area (Å²) in [5.74, 6) is -3.40. The highest BCUT2D eigenvalue weighted by Gasteiger charge is 2.32. The number of nitrogens with one attached hydrogen (secondary N) is 2. The summed E-state index contributed by atoms with van der Waals surface area (Å²) < 4.78 is 53.1. The van der Waals surface area contributed by atoms with Crippen LogP contribution in [0.2, 0.25) is 0 Å². The molecule has 0 bridgehead atoms. The quantitative estimate of drug-likeness (QED) is 0.790. The summed E-state index contributed by atoms with van der Waals surface area (Å²) in [6, 6.07) is 5.43. The summed E-state index contributed by atoms with van der Waals surface area (Å²) in [6.45, 7) is 3.18. The molecule has 0 saturated carbocycles. The van der Waals surface area contributed by atoms with Crippen molar-refractivity contribution in [2.45, 2.75) is 23.5 Å². The van der Waals surface area contributed by atoms with E-state index in [1.807, 2.05) is 0 Å². The Labute approximate surface area is 135 Å². The molecular weight excluding hydrogens is 326 g/mol. The average Bonchev–Trinajstić information content (AvgIpc) is 2.54. The van der Waals surface area contributed by atoms with Crippen molar-refractivity contribution < 1.29 is 21.9 Å². The van der Waals surface area contributed by atoms with Gasteiger partial charge in [-0.05, 0) is 50.2 Å². The minimum Gasteiger partial charge on any atom is -0.384 e. The zero-order valence-corrected chi connectivity index (χ0v) is 13.8. The van der Waals surface area contributed by atoms with Gasteiger partial charge in [0.2, 0.25) is 9.84 Å². The van der Waals surface area contributed by atoms with Gasteiger partial charge in [-0.1, -0.05) is 0 Å². The van der Waals surface area contributed by atoms with Gasteiger partial charge in [-0.3, -0.25) is 0 Å². The largest absolute Gasteiger partial charge is 0.384 e. The first-order chi connectivity index (χ1) is 10.9. The van der Waals surface area contributed by atoms with Crippen LogP contribution in [-0.4, -0.2) is 47.5 Å². The number of methoxy groups -OCH3 is 1. The molecule has 1 fully saturated rings. The fourth-order valence-corrected chi connectivity index (χ4v) is 3.51. The number of ether oxygens (including phenoxy) is 1. The lowest BCUT2D eigenvalue weighted by atomic mass is 9.79. The minimum absolute atomic E-state index is 0.0215. The molecule has 0 amide bonds. The molecule has 1 aromatic carbocycles. The van der Waals surface area contributed by atoms with E-state index in [1.54, 1.807) is 7.11 Å². The van der Waals surface area contributed by atoms with Crippen molar-refractivity contribution in [2.75, 3.05) is 38.7 Å². The summed E-state index contributed by atoms with van der Waals surface area (Å²) in [6.07, 6.45) is 1.96. The predicted molar refractivity (Wildman–Crippen MR) is 84.5 cm³/mol. The van der Waals surface area contributed by atoms with Gasteiger partial charge in [-0.25, -0.2) is 8.42 Å². The van der Waals surface area contributed by atoms with E-state index < -0.39 is 15.6 Å². The van der Waals surface area contributed by atoms with Gasteiger partial charge in [0.25, 0.3) is 0 Å². The Kier molecular flexibility index (Phi) is 5.94. The van der Waals surface area contributed by atoms with Gasteiger partial charge in [0.05, 0.1) is 11.5 Å². The number of halogens is 2. The van der Waals surface area contributed by atoms with Crippen molar-refractivity contribution >= 4 is 15.5 Å². The van der Waals surface area contributed by atoms with Crippen LogP contribution in [0.3, 0.4) is 0 Å². The van der Waals surface area contributed by atoms with Gasteiger partial charge >= 0.3 is 5.76 Å². The maximum absolute atomic E-state index is 12.5. The second-order valence-electron chi connectivity index (χ2n) is 5.87. The molecule has 5 nitrogen and oxygen atoms in total. The number of anilines is 1. The summed E-state index contributed by atoms with van der Waals surface area (Å²) in [5.41, 5.74) is 0.723. The second-order valence-corrected chi connectivity index (χ2v) is 7.78. The maximum Gasteiger partial charge on any atom is 0.341 e. The smallest absolute Gasteiger partial charge is 0.341 e. The molecule has 0 atom stereocenters. The third-order valence-corrected chi connectivity index (χ3v) is 5.60. The van der Waals surface area contributed by atoms with E-state index in [0.717, 1.165) is 25.9 Å². The second kappa shape index (κ2) is 7.55. The van der Waals surface area contributed by atoms with Gasteiger partial charge in [-0.2, -0.15) is 8.78 Å². The SMILES string of the molecule is COCC1(CNc2ccc(S(=O)(=O)C(F)F)cc2)CCNCC1. The van der Waals surface area contributed by atoms with Crippen LogP contribution in [0.1, 0.15) is 12.8 Å². The molecule has 0 aliphatic carbocycles. The average molecular weight is 348 g/mol.